The lowest BCUT2D eigenvalue weighted by Crippen LogP contribution is -2.25. The van der Waals surface area contributed by atoms with Crippen LogP contribution in [0.5, 0.6) is 0 Å². The van der Waals surface area contributed by atoms with Crippen molar-refractivity contribution in [2.24, 2.45) is 0 Å². The Kier molecular flexibility index (Phi) is 3.14. The van der Waals surface area contributed by atoms with E-state index >= 15 is 0 Å². The second-order valence-electron chi connectivity index (χ2n) is 4.91. The number of aromatic nitrogens is 2. The number of hydrogen-bond donors (Lipinski definition) is 1. The van der Waals surface area contributed by atoms with Crippen molar-refractivity contribution in [1.29, 1.82) is 0 Å². The maximum absolute atomic E-state index is 12.6. The molecule has 2 heterocycles. The van der Waals surface area contributed by atoms with Gasteiger partial charge in [0.25, 0.3) is 5.56 Å². The van der Waals surface area contributed by atoms with Crippen molar-refractivity contribution in [3.05, 3.63) is 33.1 Å². The van der Waals surface area contributed by atoms with Crippen LogP contribution in [0.15, 0.2) is 16.2 Å². The van der Waals surface area contributed by atoms with E-state index in [0.29, 0.717) is 16.4 Å². The summed E-state index contributed by atoms with van der Waals surface area (Å²) in [5.74, 6) is 0. The van der Waals surface area contributed by atoms with E-state index < -0.39 is 0 Å². The van der Waals surface area contributed by atoms with Gasteiger partial charge in [0, 0.05) is 17.6 Å². The van der Waals surface area contributed by atoms with E-state index in [-0.39, 0.29) is 5.56 Å². The van der Waals surface area contributed by atoms with Crippen molar-refractivity contribution < 1.29 is 0 Å². The molecule has 19 heavy (non-hydrogen) atoms. The van der Waals surface area contributed by atoms with Crippen molar-refractivity contribution in [3.63, 3.8) is 0 Å². The molecule has 1 aliphatic carbocycles. The highest BCUT2D eigenvalue weighted by molar-refractivity contribution is 7.13. The molecular weight excluding hydrogens is 258 g/mol. The minimum absolute atomic E-state index is 0.0767. The molecular formula is C14H17N3OS. The minimum Gasteiger partial charge on any atom is -0.375 e. The molecule has 0 radical (unpaired) electrons. The number of rotatable bonds is 3. The van der Waals surface area contributed by atoms with Crippen LogP contribution in [0.1, 0.15) is 31.0 Å². The molecule has 0 aromatic carbocycles. The number of aryl methyl sites for hydroxylation is 1. The average molecular weight is 275 g/mol. The van der Waals surface area contributed by atoms with Crippen molar-refractivity contribution in [2.75, 3.05) is 5.73 Å². The standard InChI is InChI=1S/C14H17N3OS/c1-2-6-17-12-5-3-4-9(12)7-10(13(17)18)11-8-19-14(15)16-11/h7-8H,2-6H2,1H3,(H2,15,16). The Morgan fingerprint density at radius 1 is 1.47 bits per heavy atom. The summed E-state index contributed by atoms with van der Waals surface area (Å²) in [5, 5.41) is 2.38. The van der Waals surface area contributed by atoms with Crippen LogP contribution in [0, 0.1) is 0 Å². The SMILES string of the molecule is CCCn1c2c(cc(-c3csc(N)n3)c1=O)CCC2. The van der Waals surface area contributed by atoms with Crippen LogP contribution < -0.4 is 11.3 Å². The number of anilines is 1. The fourth-order valence-corrected chi connectivity index (χ4v) is 3.34. The summed E-state index contributed by atoms with van der Waals surface area (Å²) >= 11 is 1.38. The molecule has 0 aliphatic heterocycles. The fourth-order valence-electron chi connectivity index (χ4n) is 2.77. The largest absolute Gasteiger partial charge is 0.375 e. The monoisotopic (exact) mass is 275 g/mol. The van der Waals surface area contributed by atoms with Crippen LogP contribution in [0.25, 0.3) is 11.3 Å². The van der Waals surface area contributed by atoms with Crippen molar-refractivity contribution in [2.45, 2.75) is 39.2 Å². The second kappa shape index (κ2) is 4.81. The van der Waals surface area contributed by atoms with Crippen LogP contribution in [0.3, 0.4) is 0 Å². The van der Waals surface area contributed by atoms with Gasteiger partial charge < -0.3 is 10.3 Å². The second-order valence-corrected chi connectivity index (χ2v) is 5.80. The Balaban J connectivity index is 2.21. The van der Waals surface area contributed by atoms with Gasteiger partial charge in [-0.15, -0.1) is 11.3 Å². The number of thiazole rings is 1. The topological polar surface area (TPSA) is 60.9 Å². The smallest absolute Gasteiger partial charge is 0.260 e. The van der Waals surface area contributed by atoms with Gasteiger partial charge in [0.15, 0.2) is 5.13 Å². The molecule has 2 aromatic heterocycles. The van der Waals surface area contributed by atoms with Crippen LogP contribution >= 0.6 is 11.3 Å². The van der Waals surface area contributed by atoms with Gasteiger partial charge in [-0.1, -0.05) is 6.92 Å². The van der Waals surface area contributed by atoms with Gasteiger partial charge in [-0.25, -0.2) is 4.98 Å². The molecule has 0 fully saturated rings. The summed E-state index contributed by atoms with van der Waals surface area (Å²) in [6, 6.07) is 2.02. The minimum atomic E-state index is 0.0767. The molecule has 0 amide bonds. The Hall–Kier alpha value is -1.62. The lowest BCUT2D eigenvalue weighted by Gasteiger charge is -2.13. The van der Waals surface area contributed by atoms with E-state index in [1.165, 1.54) is 22.6 Å². The molecule has 5 heteroatoms. The summed E-state index contributed by atoms with van der Waals surface area (Å²) in [4.78, 5) is 16.9. The molecule has 1 aliphatic rings. The maximum atomic E-state index is 12.6. The van der Waals surface area contributed by atoms with Gasteiger partial charge in [-0.05, 0) is 37.3 Å². The van der Waals surface area contributed by atoms with Crippen molar-refractivity contribution >= 4 is 16.5 Å². The van der Waals surface area contributed by atoms with Crippen molar-refractivity contribution in [3.8, 4) is 11.3 Å². The van der Waals surface area contributed by atoms with Gasteiger partial charge in [0.2, 0.25) is 0 Å². The van der Waals surface area contributed by atoms with E-state index in [2.05, 4.69) is 11.9 Å². The highest BCUT2D eigenvalue weighted by Gasteiger charge is 2.20. The normalized spacial score (nSPS) is 13.7. The molecule has 100 valence electrons. The first-order valence-electron chi connectivity index (χ1n) is 6.67. The lowest BCUT2D eigenvalue weighted by atomic mass is 10.1. The molecule has 3 rings (SSSR count). The molecule has 0 spiro atoms. The molecule has 0 atom stereocenters. The van der Waals surface area contributed by atoms with Crippen LogP contribution in [-0.4, -0.2) is 9.55 Å². The van der Waals surface area contributed by atoms with E-state index in [1.54, 1.807) is 0 Å². The Bertz CT molecular complexity index is 672. The summed E-state index contributed by atoms with van der Waals surface area (Å²) in [7, 11) is 0. The Morgan fingerprint density at radius 3 is 3.00 bits per heavy atom. The molecule has 0 saturated carbocycles. The number of hydrogen-bond acceptors (Lipinski definition) is 4. The van der Waals surface area contributed by atoms with Crippen LogP contribution in [0.4, 0.5) is 5.13 Å². The zero-order valence-corrected chi connectivity index (χ0v) is 11.8. The zero-order chi connectivity index (χ0) is 13.4. The quantitative estimate of drug-likeness (QED) is 0.936. The maximum Gasteiger partial charge on any atom is 0.260 e. The highest BCUT2D eigenvalue weighted by atomic mass is 32.1. The molecule has 0 saturated heterocycles. The predicted octanol–water partition coefficient (Wildman–Crippen LogP) is 2.45. The van der Waals surface area contributed by atoms with Gasteiger partial charge in [0.1, 0.15) is 0 Å². The average Bonchev–Trinajstić information content (AvgIpc) is 3.01. The third-order valence-corrected chi connectivity index (χ3v) is 4.27. The van der Waals surface area contributed by atoms with Crippen molar-refractivity contribution in [1.82, 2.24) is 9.55 Å². The first-order valence-corrected chi connectivity index (χ1v) is 7.55. The molecule has 0 unspecified atom stereocenters. The molecule has 2 aromatic rings. The van der Waals surface area contributed by atoms with E-state index in [4.69, 9.17) is 5.73 Å². The molecule has 2 N–H and O–H groups in total. The molecule has 4 nitrogen and oxygen atoms in total. The third kappa shape index (κ3) is 2.08. The summed E-state index contributed by atoms with van der Waals surface area (Å²) in [6.07, 6.45) is 4.19. The molecule has 0 bridgehead atoms. The van der Waals surface area contributed by atoms with Crippen LogP contribution in [-0.2, 0) is 19.4 Å². The first kappa shape index (κ1) is 12.4. The number of nitrogen functional groups attached to an aromatic ring is 1. The lowest BCUT2D eigenvalue weighted by molar-refractivity contribution is 0.624. The Labute approximate surface area is 115 Å². The Morgan fingerprint density at radius 2 is 2.32 bits per heavy atom. The predicted molar refractivity (Wildman–Crippen MR) is 78.5 cm³/mol. The highest BCUT2D eigenvalue weighted by Crippen LogP contribution is 2.27. The number of pyridine rings is 1. The number of fused-ring (bicyclic) bond motifs is 1. The number of nitrogens with zero attached hydrogens (tertiary/aromatic N) is 2. The van der Waals surface area contributed by atoms with Crippen LogP contribution in [0.2, 0.25) is 0 Å². The fraction of sp³-hybridized carbons (Fsp3) is 0.429. The summed E-state index contributed by atoms with van der Waals surface area (Å²) in [6.45, 7) is 2.88. The number of nitrogens with two attached hydrogens (primary N) is 1. The summed E-state index contributed by atoms with van der Waals surface area (Å²) in [5.41, 5.74) is 9.68. The van der Waals surface area contributed by atoms with Gasteiger partial charge >= 0.3 is 0 Å². The first-order chi connectivity index (χ1) is 9.20. The van der Waals surface area contributed by atoms with E-state index in [0.717, 1.165) is 32.2 Å². The zero-order valence-electron chi connectivity index (χ0n) is 11.0. The third-order valence-electron chi connectivity index (χ3n) is 3.60. The van der Waals surface area contributed by atoms with Gasteiger partial charge in [0.05, 0.1) is 11.3 Å². The van der Waals surface area contributed by atoms with Gasteiger partial charge in [-0.3, -0.25) is 4.79 Å². The summed E-state index contributed by atoms with van der Waals surface area (Å²) < 4.78 is 1.94. The van der Waals surface area contributed by atoms with Gasteiger partial charge in [-0.2, -0.15) is 0 Å². The van der Waals surface area contributed by atoms with E-state index in [9.17, 15) is 4.79 Å². The van der Waals surface area contributed by atoms with E-state index in [1.807, 2.05) is 16.0 Å².